The number of rotatable bonds is 4. The highest BCUT2D eigenvalue weighted by Gasteiger charge is 2.13. The predicted octanol–water partition coefficient (Wildman–Crippen LogP) is 3.89. The van der Waals surface area contributed by atoms with Crippen molar-refractivity contribution < 1.29 is 0 Å². The lowest BCUT2D eigenvalue weighted by atomic mass is 10.1. The van der Waals surface area contributed by atoms with Crippen LogP contribution in [0.3, 0.4) is 0 Å². The largest absolute Gasteiger partial charge is 0.340 e. The Kier molecular flexibility index (Phi) is 3.88. The summed E-state index contributed by atoms with van der Waals surface area (Å²) in [5.41, 5.74) is 3.19. The predicted molar refractivity (Wildman–Crippen MR) is 86.9 cm³/mol. The number of nitrogens with zero attached hydrogens (tertiary/aromatic N) is 4. The third kappa shape index (κ3) is 2.76. The molecular weight excluding hydrogens is 330 g/mol. The van der Waals surface area contributed by atoms with Crippen molar-refractivity contribution in [3.8, 4) is 0 Å². The molecule has 21 heavy (non-hydrogen) atoms. The van der Waals surface area contributed by atoms with Crippen LogP contribution in [0, 0.1) is 6.92 Å². The first-order valence-corrected chi connectivity index (χ1v) is 7.70. The molecule has 108 valence electrons. The maximum atomic E-state index is 4.51. The minimum atomic E-state index is 0.618. The van der Waals surface area contributed by atoms with E-state index in [2.05, 4.69) is 43.2 Å². The molecule has 0 aliphatic rings. The van der Waals surface area contributed by atoms with Gasteiger partial charge in [-0.1, -0.05) is 29.3 Å². The number of anilines is 2. The van der Waals surface area contributed by atoms with E-state index in [-0.39, 0.29) is 0 Å². The van der Waals surface area contributed by atoms with Gasteiger partial charge in [0, 0.05) is 21.4 Å². The fourth-order valence-corrected chi connectivity index (χ4v) is 2.60. The van der Waals surface area contributed by atoms with E-state index in [9.17, 15) is 0 Å². The minimum absolute atomic E-state index is 0.618. The summed E-state index contributed by atoms with van der Waals surface area (Å²) in [6.45, 7) is 4.18. The van der Waals surface area contributed by atoms with Crippen LogP contribution in [0.15, 0.2) is 35.1 Å². The van der Waals surface area contributed by atoms with E-state index in [0.29, 0.717) is 5.78 Å². The van der Waals surface area contributed by atoms with Crippen molar-refractivity contribution in [1.82, 2.24) is 19.6 Å². The highest BCUT2D eigenvalue weighted by Crippen LogP contribution is 2.25. The Bertz CT molecular complexity index is 764. The van der Waals surface area contributed by atoms with Crippen molar-refractivity contribution in [2.24, 2.45) is 0 Å². The number of benzene rings is 1. The number of halogens is 1. The fourth-order valence-electron chi connectivity index (χ4n) is 2.33. The summed E-state index contributed by atoms with van der Waals surface area (Å²) in [4.78, 5) is 8.70. The van der Waals surface area contributed by atoms with Crippen molar-refractivity contribution in [1.29, 1.82) is 0 Å². The highest BCUT2D eigenvalue weighted by atomic mass is 79.9. The quantitative estimate of drug-likeness (QED) is 0.779. The van der Waals surface area contributed by atoms with E-state index in [4.69, 9.17) is 0 Å². The zero-order valence-electron chi connectivity index (χ0n) is 12.0. The molecule has 0 aliphatic carbocycles. The zero-order valence-corrected chi connectivity index (χ0v) is 13.6. The summed E-state index contributed by atoms with van der Waals surface area (Å²) < 4.78 is 2.82. The second-order valence-electron chi connectivity index (χ2n) is 4.88. The van der Waals surface area contributed by atoms with Gasteiger partial charge in [-0.2, -0.15) is 14.6 Å². The minimum Gasteiger partial charge on any atom is -0.340 e. The molecule has 0 fully saturated rings. The zero-order chi connectivity index (χ0) is 14.8. The Morgan fingerprint density at radius 1 is 1.24 bits per heavy atom. The maximum absolute atomic E-state index is 4.51. The van der Waals surface area contributed by atoms with E-state index in [1.807, 2.05) is 31.2 Å². The van der Waals surface area contributed by atoms with E-state index in [1.54, 1.807) is 4.52 Å². The second kappa shape index (κ2) is 5.81. The molecule has 0 bridgehead atoms. The van der Waals surface area contributed by atoms with Gasteiger partial charge in [-0.3, -0.25) is 0 Å². The molecule has 0 amide bonds. The average molecular weight is 346 g/mol. The molecule has 1 aromatic carbocycles. The first-order valence-electron chi connectivity index (χ1n) is 6.91. The number of aryl methyl sites for hydroxylation is 1. The van der Waals surface area contributed by atoms with E-state index >= 15 is 0 Å². The Morgan fingerprint density at radius 2 is 2.00 bits per heavy atom. The number of fused-ring (bicyclic) bond motifs is 1. The number of aromatic nitrogens is 4. The lowest BCUT2D eigenvalue weighted by Gasteiger charge is -2.14. The summed E-state index contributed by atoms with van der Waals surface area (Å²) in [6.07, 6.45) is 3.54. The Hall–Kier alpha value is -1.95. The van der Waals surface area contributed by atoms with Crippen molar-refractivity contribution in [3.05, 3.63) is 46.3 Å². The molecular formula is C15H16BrN5. The summed E-state index contributed by atoms with van der Waals surface area (Å²) in [7, 11) is 0. The number of hydrogen-bond donors (Lipinski definition) is 1. The molecule has 0 unspecified atom stereocenters. The Balaban J connectivity index is 2.11. The molecule has 5 nitrogen and oxygen atoms in total. The van der Waals surface area contributed by atoms with Crippen molar-refractivity contribution in [2.45, 2.75) is 26.7 Å². The van der Waals surface area contributed by atoms with E-state index in [1.165, 1.54) is 11.9 Å². The molecule has 0 aliphatic heterocycles. The van der Waals surface area contributed by atoms with E-state index in [0.717, 1.165) is 34.5 Å². The van der Waals surface area contributed by atoms with Gasteiger partial charge in [0.25, 0.3) is 5.78 Å². The lowest BCUT2D eigenvalue weighted by Crippen LogP contribution is -2.08. The first-order chi connectivity index (χ1) is 10.2. The van der Waals surface area contributed by atoms with Gasteiger partial charge in [0.05, 0.1) is 0 Å². The van der Waals surface area contributed by atoms with Crippen LogP contribution in [0.5, 0.6) is 0 Å². The van der Waals surface area contributed by atoms with Gasteiger partial charge < -0.3 is 5.32 Å². The molecule has 3 aromatic rings. The third-order valence-corrected chi connectivity index (χ3v) is 3.87. The van der Waals surface area contributed by atoms with Crippen LogP contribution in [0.25, 0.3) is 5.78 Å². The van der Waals surface area contributed by atoms with Crippen LogP contribution in [-0.2, 0) is 6.42 Å². The van der Waals surface area contributed by atoms with Gasteiger partial charge in [0.1, 0.15) is 12.1 Å². The van der Waals surface area contributed by atoms with Gasteiger partial charge >= 0.3 is 0 Å². The molecule has 0 saturated heterocycles. The van der Waals surface area contributed by atoms with Gasteiger partial charge in [0.2, 0.25) is 0 Å². The normalized spacial score (nSPS) is 11.0. The molecule has 0 spiro atoms. The smallest absolute Gasteiger partial charge is 0.254 e. The highest BCUT2D eigenvalue weighted by molar-refractivity contribution is 9.10. The maximum Gasteiger partial charge on any atom is 0.254 e. The van der Waals surface area contributed by atoms with Gasteiger partial charge in [-0.15, -0.1) is 0 Å². The van der Waals surface area contributed by atoms with Crippen LogP contribution >= 0.6 is 15.9 Å². The SMILES string of the molecule is CCCc1c(C)nc2ncnn2c1Nc1ccc(Br)cc1. The summed E-state index contributed by atoms with van der Waals surface area (Å²) in [6, 6.07) is 8.07. The Labute approximate surface area is 131 Å². The molecule has 2 aromatic heterocycles. The summed E-state index contributed by atoms with van der Waals surface area (Å²) >= 11 is 3.45. The number of nitrogens with one attached hydrogen (secondary N) is 1. The monoisotopic (exact) mass is 345 g/mol. The van der Waals surface area contributed by atoms with Gasteiger partial charge in [-0.05, 0) is 37.6 Å². The molecule has 6 heteroatoms. The molecule has 1 N–H and O–H groups in total. The summed E-state index contributed by atoms with van der Waals surface area (Å²) in [5, 5.41) is 7.74. The molecule has 0 saturated carbocycles. The van der Waals surface area contributed by atoms with E-state index < -0.39 is 0 Å². The number of hydrogen-bond acceptors (Lipinski definition) is 4. The van der Waals surface area contributed by atoms with Gasteiger partial charge in [0.15, 0.2) is 0 Å². The van der Waals surface area contributed by atoms with Crippen molar-refractivity contribution >= 4 is 33.2 Å². The van der Waals surface area contributed by atoms with Crippen LogP contribution < -0.4 is 5.32 Å². The first kappa shape index (κ1) is 14.0. The lowest BCUT2D eigenvalue weighted by molar-refractivity contribution is 0.856. The third-order valence-electron chi connectivity index (χ3n) is 3.34. The summed E-state index contributed by atoms with van der Waals surface area (Å²) in [5.74, 6) is 1.56. The topological polar surface area (TPSA) is 55.1 Å². The molecule has 3 rings (SSSR count). The van der Waals surface area contributed by atoms with Crippen molar-refractivity contribution in [2.75, 3.05) is 5.32 Å². The van der Waals surface area contributed by atoms with Crippen LogP contribution in [0.2, 0.25) is 0 Å². The van der Waals surface area contributed by atoms with Crippen LogP contribution in [0.1, 0.15) is 24.6 Å². The van der Waals surface area contributed by atoms with Crippen LogP contribution in [0.4, 0.5) is 11.5 Å². The average Bonchev–Trinajstić information content (AvgIpc) is 2.93. The standard InChI is InChI=1S/C15H16BrN5/c1-3-4-13-10(2)19-15-17-9-18-21(15)14(13)20-12-7-5-11(16)6-8-12/h5-9,20H,3-4H2,1-2H3. The molecule has 0 radical (unpaired) electrons. The fraction of sp³-hybridized carbons (Fsp3) is 0.267. The van der Waals surface area contributed by atoms with Crippen molar-refractivity contribution in [3.63, 3.8) is 0 Å². The van der Waals surface area contributed by atoms with Crippen LogP contribution in [-0.4, -0.2) is 19.6 Å². The van der Waals surface area contributed by atoms with Gasteiger partial charge in [-0.25, -0.2) is 4.98 Å². The second-order valence-corrected chi connectivity index (χ2v) is 5.79. The Morgan fingerprint density at radius 3 is 2.71 bits per heavy atom. The molecule has 2 heterocycles. The molecule has 0 atom stereocenters.